The molecule has 1 atom stereocenters. The highest BCUT2D eigenvalue weighted by Crippen LogP contribution is 2.60. The Hall–Kier alpha value is -0.860. The van der Waals surface area contributed by atoms with Crippen LogP contribution in [0.3, 0.4) is 0 Å². The molecule has 0 saturated heterocycles. The first kappa shape index (κ1) is 13.1. The molecule has 0 aliphatic heterocycles. The van der Waals surface area contributed by atoms with Gasteiger partial charge in [-0.1, -0.05) is 0 Å². The van der Waals surface area contributed by atoms with E-state index in [1.807, 2.05) is 0 Å². The van der Waals surface area contributed by atoms with Crippen LogP contribution in [-0.2, 0) is 14.3 Å². The monoisotopic (exact) mass is 264 g/mol. The maximum absolute atomic E-state index is 12.8. The normalized spacial score (nSPS) is 41.1. The fourth-order valence-electron chi connectivity index (χ4n) is 5.25. The highest BCUT2D eigenvalue weighted by atomic mass is 16.5. The Morgan fingerprint density at radius 3 is 2.00 bits per heavy atom. The van der Waals surface area contributed by atoms with Crippen molar-refractivity contribution < 1.29 is 14.3 Å². The Morgan fingerprint density at radius 1 is 1.11 bits per heavy atom. The molecule has 3 nitrogen and oxygen atoms in total. The van der Waals surface area contributed by atoms with Crippen molar-refractivity contribution in [3.63, 3.8) is 0 Å². The van der Waals surface area contributed by atoms with Crippen LogP contribution < -0.4 is 0 Å². The summed E-state index contributed by atoms with van der Waals surface area (Å²) in [6.45, 7) is 3.88. The fourth-order valence-corrected chi connectivity index (χ4v) is 5.25. The maximum Gasteiger partial charge on any atom is 0.316 e. The van der Waals surface area contributed by atoms with Gasteiger partial charge in [0, 0.05) is 5.41 Å². The number of esters is 1. The molecule has 0 heterocycles. The zero-order valence-electron chi connectivity index (χ0n) is 12.0. The first-order chi connectivity index (χ1) is 9.04. The minimum atomic E-state index is -0.573. The Labute approximate surface area is 115 Å². The summed E-state index contributed by atoms with van der Waals surface area (Å²) in [5.74, 6) is 1.49. The van der Waals surface area contributed by atoms with E-state index in [1.165, 1.54) is 19.3 Å². The largest absolute Gasteiger partial charge is 0.465 e. The number of ketones is 1. The maximum atomic E-state index is 12.8. The first-order valence-corrected chi connectivity index (χ1v) is 7.75. The van der Waals surface area contributed by atoms with Crippen molar-refractivity contribution in [3.05, 3.63) is 0 Å². The van der Waals surface area contributed by atoms with E-state index in [0.717, 1.165) is 37.0 Å². The third-order valence-electron chi connectivity index (χ3n) is 5.59. The SMILES string of the molecule is CCOC(=O)[C@@H](C)C(=O)C12CC3CC(CC(C3)C1)C2. The number of Topliss-reactive ketones (excluding diaryl/α,β-unsaturated/α-hetero) is 1. The summed E-state index contributed by atoms with van der Waals surface area (Å²) in [6, 6.07) is 0. The lowest BCUT2D eigenvalue weighted by Gasteiger charge is -2.56. The lowest BCUT2D eigenvalue weighted by molar-refractivity contribution is -0.160. The van der Waals surface area contributed by atoms with Crippen LogP contribution in [0.15, 0.2) is 0 Å². The van der Waals surface area contributed by atoms with Gasteiger partial charge in [-0.05, 0) is 70.1 Å². The van der Waals surface area contributed by atoms with E-state index in [1.54, 1.807) is 13.8 Å². The van der Waals surface area contributed by atoms with Crippen LogP contribution in [0.1, 0.15) is 52.4 Å². The van der Waals surface area contributed by atoms with E-state index in [2.05, 4.69) is 0 Å². The highest BCUT2D eigenvalue weighted by molar-refractivity contribution is 6.01. The molecule has 0 aromatic rings. The molecule has 3 heteroatoms. The summed E-state index contributed by atoms with van der Waals surface area (Å²) in [7, 11) is 0. The van der Waals surface area contributed by atoms with Crippen LogP contribution in [0, 0.1) is 29.1 Å². The summed E-state index contributed by atoms with van der Waals surface area (Å²) in [4.78, 5) is 24.6. The van der Waals surface area contributed by atoms with Crippen molar-refractivity contribution in [2.24, 2.45) is 29.1 Å². The predicted molar refractivity (Wildman–Crippen MR) is 71.4 cm³/mol. The molecule has 4 fully saturated rings. The summed E-state index contributed by atoms with van der Waals surface area (Å²) in [5.41, 5.74) is -0.180. The first-order valence-electron chi connectivity index (χ1n) is 7.75. The lowest BCUT2D eigenvalue weighted by Crippen LogP contribution is -2.52. The molecule has 0 unspecified atom stereocenters. The van der Waals surface area contributed by atoms with Gasteiger partial charge in [0.1, 0.15) is 5.92 Å². The third kappa shape index (κ3) is 2.11. The average Bonchev–Trinajstić information content (AvgIpc) is 2.35. The van der Waals surface area contributed by atoms with Gasteiger partial charge in [-0.3, -0.25) is 9.59 Å². The van der Waals surface area contributed by atoms with Crippen LogP contribution in [0.5, 0.6) is 0 Å². The molecule has 19 heavy (non-hydrogen) atoms. The van der Waals surface area contributed by atoms with E-state index >= 15 is 0 Å². The molecule has 0 N–H and O–H groups in total. The van der Waals surface area contributed by atoms with E-state index in [4.69, 9.17) is 4.74 Å². The second-order valence-electron chi connectivity index (χ2n) is 7.04. The van der Waals surface area contributed by atoms with Gasteiger partial charge < -0.3 is 4.74 Å². The Morgan fingerprint density at radius 2 is 1.58 bits per heavy atom. The number of hydrogen-bond acceptors (Lipinski definition) is 3. The Balaban J connectivity index is 1.77. The summed E-state index contributed by atoms with van der Waals surface area (Å²) in [6.07, 6.45) is 7.05. The molecule has 4 bridgehead atoms. The van der Waals surface area contributed by atoms with Gasteiger partial charge in [0.2, 0.25) is 0 Å². The lowest BCUT2D eigenvalue weighted by atomic mass is 9.48. The number of rotatable bonds is 4. The molecule has 4 aliphatic rings. The topological polar surface area (TPSA) is 43.4 Å². The second kappa shape index (κ2) is 4.60. The van der Waals surface area contributed by atoms with Gasteiger partial charge in [-0.15, -0.1) is 0 Å². The van der Waals surface area contributed by atoms with Crippen molar-refractivity contribution in [3.8, 4) is 0 Å². The summed E-state index contributed by atoms with van der Waals surface area (Å²) in [5, 5.41) is 0. The number of ether oxygens (including phenoxy) is 1. The molecular formula is C16H24O3. The second-order valence-corrected chi connectivity index (χ2v) is 7.04. The highest BCUT2D eigenvalue weighted by Gasteiger charge is 2.55. The molecule has 0 radical (unpaired) electrons. The molecule has 0 amide bonds. The quantitative estimate of drug-likeness (QED) is 0.579. The van der Waals surface area contributed by atoms with Gasteiger partial charge in [0.05, 0.1) is 6.61 Å². The van der Waals surface area contributed by atoms with Crippen LogP contribution in [0.25, 0.3) is 0 Å². The van der Waals surface area contributed by atoms with E-state index in [-0.39, 0.29) is 17.2 Å². The predicted octanol–water partition coefficient (Wildman–Crippen LogP) is 2.97. The van der Waals surface area contributed by atoms with Crippen LogP contribution >= 0.6 is 0 Å². The van der Waals surface area contributed by atoms with Crippen molar-refractivity contribution in [2.45, 2.75) is 52.4 Å². The van der Waals surface area contributed by atoms with E-state index in [0.29, 0.717) is 6.61 Å². The summed E-state index contributed by atoms with van der Waals surface area (Å²) < 4.78 is 5.03. The van der Waals surface area contributed by atoms with Crippen LogP contribution in [0.4, 0.5) is 0 Å². The van der Waals surface area contributed by atoms with Gasteiger partial charge in [-0.2, -0.15) is 0 Å². The molecule has 4 saturated carbocycles. The van der Waals surface area contributed by atoms with Gasteiger partial charge >= 0.3 is 5.97 Å². The third-order valence-corrected chi connectivity index (χ3v) is 5.59. The van der Waals surface area contributed by atoms with Gasteiger partial charge in [-0.25, -0.2) is 0 Å². The van der Waals surface area contributed by atoms with Gasteiger partial charge in [0.15, 0.2) is 5.78 Å². The van der Waals surface area contributed by atoms with Crippen molar-refractivity contribution in [1.29, 1.82) is 0 Å². The van der Waals surface area contributed by atoms with Gasteiger partial charge in [0.25, 0.3) is 0 Å². The minimum absolute atomic E-state index is 0.171. The number of carbonyl (C=O) groups is 2. The molecule has 4 rings (SSSR count). The van der Waals surface area contributed by atoms with Crippen molar-refractivity contribution >= 4 is 11.8 Å². The van der Waals surface area contributed by atoms with E-state index in [9.17, 15) is 9.59 Å². The van der Waals surface area contributed by atoms with E-state index < -0.39 is 5.92 Å². The molecule has 4 aliphatic carbocycles. The molecular weight excluding hydrogens is 240 g/mol. The number of hydrogen-bond donors (Lipinski definition) is 0. The minimum Gasteiger partial charge on any atom is -0.465 e. The zero-order chi connectivity index (χ0) is 13.6. The molecule has 106 valence electrons. The molecule has 0 spiro atoms. The molecule has 0 aromatic carbocycles. The molecule has 0 aromatic heterocycles. The van der Waals surface area contributed by atoms with Crippen LogP contribution in [-0.4, -0.2) is 18.4 Å². The Kier molecular flexibility index (Phi) is 3.18. The standard InChI is InChI=1S/C16H24O3/c1-3-19-15(18)10(2)14(17)16-7-11-4-12(8-16)6-13(5-11)9-16/h10-13H,3-9H2,1-2H3/t10-,11?,12?,13?,16?/m0/s1. The number of carbonyl (C=O) groups excluding carboxylic acids is 2. The fraction of sp³-hybridized carbons (Fsp3) is 0.875. The smallest absolute Gasteiger partial charge is 0.316 e. The summed E-state index contributed by atoms with van der Waals surface area (Å²) >= 11 is 0. The average molecular weight is 264 g/mol. The Bertz CT molecular complexity index is 364. The zero-order valence-corrected chi connectivity index (χ0v) is 12.0. The van der Waals surface area contributed by atoms with Crippen LogP contribution in [0.2, 0.25) is 0 Å². The van der Waals surface area contributed by atoms with Crippen molar-refractivity contribution in [2.75, 3.05) is 6.61 Å². The van der Waals surface area contributed by atoms with Crippen molar-refractivity contribution in [1.82, 2.24) is 0 Å².